The molecule has 0 heterocycles. The zero-order valence-electron chi connectivity index (χ0n) is 16.2. The molecule has 0 aliphatic heterocycles. The lowest BCUT2D eigenvalue weighted by atomic mass is 10.0. The fourth-order valence-corrected chi connectivity index (χ4v) is 2.65. The Morgan fingerprint density at radius 1 is 1.07 bits per heavy atom. The van der Waals surface area contributed by atoms with E-state index in [1.165, 1.54) is 0 Å². The van der Waals surface area contributed by atoms with E-state index in [-0.39, 0.29) is 5.78 Å². The monoisotopic (exact) mass is 366 g/mol. The van der Waals surface area contributed by atoms with E-state index in [4.69, 9.17) is 14.2 Å². The quantitative estimate of drug-likeness (QED) is 0.333. The first-order valence-corrected chi connectivity index (χ1v) is 8.94. The van der Waals surface area contributed by atoms with Crippen molar-refractivity contribution in [3.8, 4) is 17.2 Å². The number of carbonyl (C=O) groups excluding carboxylic acids is 1. The Morgan fingerprint density at radius 2 is 1.70 bits per heavy atom. The van der Waals surface area contributed by atoms with Crippen molar-refractivity contribution in [3.63, 3.8) is 0 Å². The van der Waals surface area contributed by atoms with Gasteiger partial charge in [-0.3, -0.25) is 4.79 Å². The summed E-state index contributed by atoms with van der Waals surface area (Å²) < 4.78 is 16.5. The Bertz CT molecular complexity index is 779. The van der Waals surface area contributed by atoms with Crippen LogP contribution >= 0.6 is 0 Å². The summed E-state index contributed by atoms with van der Waals surface area (Å²) in [5.41, 5.74) is 2.37. The van der Waals surface area contributed by atoms with Crippen molar-refractivity contribution in [2.45, 2.75) is 19.8 Å². The summed E-state index contributed by atoms with van der Waals surface area (Å²) in [5.74, 6) is 2.10. The number of ether oxygens (including phenoxy) is 3. The molecular formula is C23H26O4. The SMILES string of the molecule is C=CCc1c(OC)cc(C=CC(=O)c2ccc(OCCC)cc2)cc1OC. The maximum atomic E-state index is 12.4. The van der Waals surface area contributed by atoms with Crippen LogP contribution in [0.15, 0.2) is 55.1 Å². The van der Waals surface area contributed by atoms with Crippen LogP contribution in [0.5, 0.6) is 17.2 Å². The number of rotatable bonds is 10. The minimum absolute atomic E-state index is 0.0786. The molecule has 0 atom stereocenters. The molecule has 0 bridgehead atoms. The van der Waals surface area contributed by atoms with Crippen LogP contribution in [0.4, 0.5) is 0 Å². The van der Waals surface area contributed by atoms with Crippen LogP contribution in [0, 0.1) is 0 Å². The fraction of sp³-hybridized carbons (Fsp3) is 0.261. The van der Waals surface area contributed by atoms with Crippen LogP contribution in [-0.4, -0.2) is 26.6 Å². The maximum absolute atomic E-state index is 12.4. The molecule has 0 saturated carbocycles. The van der Waals surface area contributed by atoms with Crippen LogP contribution in [0.2, 0.25) is 0 Å². The van der Waals surface area contributed by atoms with E-state index in [0.717, 1.165) is 23.3 Å². The van der Waals surface area contributed by atoms with Gasteiger partial charge in [-0.15, -0.1) is 6.58 Å². The number of hydrogen-bond acceptors (Lipinski definition) is 4. The Labute approximate surface area is 161 Å². The van der Waals surface area contributed by atoms with Gasteiger partial charge in [-0.2, -0.15) is 0 Å². The van der Waals surface area contributed by atoms with Gasteiger partial charge in [-0.05, 0) is 60.9 Å². The van der Waals surface area contributed by atoms with Gasteiger partial charge in [0.1, 0.15) is 17.2 Å². The molecule has 0 spiro atoms. The van der Waals surface area contributed by atoms with E-state index >= 15 is 0 Å². The highest BCUT2D eigenvalue weighted by molar-refractivity contribution is 6.06. The molecule has 0 fully saturated rings. The van der Waals surface area contributed by atoms with Gasteiger partial charge in [0, 0.05) is 11.1 Å². The normalized spacial score (nSPS) is 10.6. The van der Waals surface area contributed by atoms with E-state index in [0.29, 0.717) is 30.1 Å². The van der Waals surface area contributed by atoms with Crippen LogP contribution in [0.25, 0.3) is 6.08 Å². The molecule has 0 N–H and O–H groups in total. The summed E-state index contributed by atoms with van der Waals surface area (Å²) in [7, 11) is 3.23. The summed E-state index contributed by atoms with van der Waals surface area (Å²) in [6, 6.07) is 10.9. The molecule has 0 aliphatic rings. The summed E-state index contributed by atoms with van der Waals surface area (Å²) in [4.78, 5) is 12.4. The summed E-state index contributed by atoms with van der Waals surface area (Å²) in [6.07, 6.45) is 6.69. The van der Waals surface area contributed by atoms with Gasteiger partial charge in [0.15, 0.2) is 5.78 Å². The van der Waals surface area contributed by atoms with Crippen molar-refractivity contribution >= 4 is 11.9 Å². The van der Waals surface area contributed by atoms with E-state index in [9.17, 15) is 4.79 Å². The molecule has 4 heteroatoms. The van der Waals surface area contributed by atoms with Gasteiger partial charge in [-0.1, -0.05) is 19.1 Å². The average molecular weight is 366 g/mol. The zero-order valence-corrected chi connectivity index (χ0v) is 16.2. The average Bonchev–Trinajstić information content (AvgIpc) is 2.71. The lowest BCUT2D eigenvalue weighted by Crippen LogP contribution is -1.98. The lowest BCUT2D eigenvalue weighted by molar-refractivity contribution is 0.104. The number of hydrogen-bond donors (Lipinski definition) is 0. The molecule has 2 rings (SSSR count). The van der Waals surface area contributed by atoms with Gasteiger partial charge in [0.05, 0.1) is 20.8 Å². The third-order valence-electron chi connectivity index (χ3n) is 4.02. The Balaban J connectivity index is 2.18. The van der Waals surface area contributed by atoms with Crippen LogP contribution in [0.1, 0.15) is 34.8 Å². The van der Waals surface area contributed by atoms with Crippen molar-refractivity contribution in [1.82, 2.24) is 0 Å². The maximum Gasteiger partial charge on any atom is 0.185 e. The van der Waals surface area contributed by atoms with E-state index < -0.39 is 0 Å². The lowest BCUT2D eigenvalue weighted by Gasteiger charge is -2.13. The molecule has 0 amide bonds. The topological polar surface area (TPSA) is 44.8 Å². The summed E-state index contributed by atoms with van der Waals surface area (Å²) in [5, 5.41) is 0. The molecular weight excluding hydrogens is 340 g/mol. The van der Waals surface area contributed by atoms with E-state index in [2.05, 4.69) is 13.5 Å². The zero-order chi connectivity index (χ0) is 19.6. The van der Waals surface area contributed by atoms with Gasteiger partial charge >= 0.3 is 0 Å². The number of allylic oxidation sites excluding steroid dienone is 2. The van der Waals surface area contributed by atoms with Crippen molar-refractivity contribution in [1.29, 1.82) is 0 Å². The first-order valence-electron chi connectivity index (χ1n) is 8.94. The second kappa shape index (κ2) is 10.2. The van der Waals surface area contributed by atoms with E-state index in [1.807, 2.05) is 24.3 Å². The first-order chi connectivity index (χ1) is 13.1. The van der Waals surface area contributed by atoms with Gasteiger partial charge in [-0.25, -0.2) is 0 Å². The predicted molar refractivity (Wildman–Crippen MR) is 109 cm³/mol. The van der Waals surface area contributed by atoms with Crippen molar-refractivity contribution in [2.24, 2.45) is 0 Å². The highest BCUT2D eigenvalue weighted by atomic mass is 16.5. The highest BCUT2D eigenvalue weighted by Crippen LogP contribution is 2.31. The largest absolute Gasteiger partial charge is 0.496 e. The molecule has 2 aromatic rings. The third kappa shape index (κ3) is 5.48. The molecule has 0 saturated heterocycles. The van der Waals surface area contributed by atoms with Crippen molar-refractivity contribution in [2.75, 3.05) is 20.8 Å². The Kier molecular flexibility index (Phi) is 7.68. The molecule has 4 nitrogen and oxygen atoms in total. The van der Waals surface area contributed by atoms with E-state index in [1.54, 1.807) is 44.6 Å². The van der Waals surface area contributed by atoms with Crippen molar-refractivity contribution < 1.29 is 19.0 Å². The predicted octanol–water partition coefficient (Wildman–Crippen LogP) is 5.12. The van der Waals surface area contributed by atoms with Crippen molar-refractivity contribution in [3.05, 3.63) is 71.8 Å². The third-order valence-corrected chi connectivity index (χ3v) is 4.02. The fourth-order valence-electron chi connectivity index (χ4n) is 2.65. The molecule has 0 radical (unpaired) electrons. The number of carbonyl (C=O) groups is 1. The Hall–Kier alpha value is -3.01. The molecule has 27 heavy (non-hydrogen) atoms. The molecule has 2 aromatic carbocycles. The molecule has 0 unspecified atom stereocenters. The molecule has 0 aliphatic carbocycles. The van der Waals surface area contributed by atoms with Crippen LogP contribution in [-0.2, 0) is 6.42 Å². The standard InChI is InChI=1S/C23H26O4/c1-5-7-20-22(25-3)15-17(16-23(20)26-4)8-13-21(24)18-9-11-19(12-10-18)27-14-6-2/h5,8-13,15-16H,1,6-7,14H2,2-4H3. The second-order valence-corrected chi connectivity index (χ2v) is 5.97. The summed E-state index contributed by atoms with van der Waals surface area (Å²) in [6.45, 7) is 6.48. The van der Waals surface area contributed by atoms with Crippen LogP contribution in [0.3, 0.4) is 0 Å². The van der Waals surface area contributed by atoms with Crippen LogP contribution < -0.4 is 14.2 Å². The summed E-state index contributed by atoms with van der Waals surface area (Å²) >= 11 is 0. The van der Waals surface area contributed by atoms with Gasteiger partial charge < -0.3 is 14.2 Å². The Morgan fingerprint density at radius 3 is 2.22 bits per heavy atom. The van der Waals surface area contributed by atoms with Gasteiger partial charge in [0.2, 0.25) is 0 Å². The molecule has 142 valence electrons. The van der Waals surface area contributed by atoms with Gasteiger partial charge in [0.25, 0.3) is 0 Å². The minimum atomic E-state index is -0.0786. The second-order valence-electron chi connectivity index (χ2n) is 5.97. The minimum Gasteiger partial charge on any atom is -0.496 e. The first kappa shape index (κ1) is 20.3. The molecule has 0 aromatic heterocycles. The number of methoxy groups -OCH3 is 2. The number of ketones is 1. The smallest absolute Gasteiger partial charge is 0.185 e. The highest BCUT2D eigenvalue weighted by Gasteiger charge is 2.11. The number of benzene rings is 2.